The van der Waals surface area contributed by atoms with E-state index in [2.05, 4.69) is 5.32 Å². The van der Waals surface area contributed by atoms with Gasteiger partial charge in [-0.1, -0.05) is 53.7 Å². The largest absolute Gasteiger partial charge is 0.343 e. The topological polar surface area (TPSA) is 47.6 Å². The highest BCUT2D eigenvalue weighted by atomic mass is 35.5. The first kappa shape index (κ1) is 17.3. The summed E-state index contributed by atoms with van der Waals surface area (Å²) in [5.41, 5.74) is 1.69. The monoisotopic (exact) mass is 363 g/mol. The SMILES string of the molecule is C[C@@]1(c2ccc(Cl)cc2)OC[C@H](CSC(=O)Nc2ccccc2)O1. The minimum atomic E-state index is -0.800. The average molecular weight is 364 g/mol. The molecule has 0 bridgehead atoms. The van der Waals surface area contributed by atoms with Gasteiger partial charge in [-0.15, -0.1) is 0 Å². The molecule has 0 spiro atoms. The number of halogens is 1. The van der Waals surface area contributed by atoms with Gasteiger partial charge in [-0.05, 0) is 31.2 Å². The van der Waals surface area contributed by atoms with Gasteiger partial charge in [0.1, 0.15) is 0 Å². The van der Waals surface area contributed by atoms with Gasteiger partial charge in [-0.3, -0.25) is 4.79 Å². The first-order valence-corrected chi connectivity index (χ1v) is 8.98. The zero-order valence-electron chi connectivity index (χ0n) is 13.2. The number of hydrogen-bond donors (Lipinski definition) is 1. The molecule has 1 N–H and O–H groups in total. The van der Waals surface area contributed by atoms with E-state index in [9.17, 15) is 4.79 Å². The maximum atomic E-state index is 12.0. The smallest absolute Gasteiger partial charge is 0.283 e. The third-order valence-electron chi connectivity index (χ3n) is 3.73. The zero-order chi connectivity index (χ0) is 17.0. The summed E-state index contributed by atoms with van der Waals surface area (Å²) in [5, 5.41) is 3.40. The van der Waals surface area contributed by atoms with E-state index in [0.717, 1.165) is 11.3 Å². The van der Waals surface area contributed by atoms with Crippen molar-refractivity contribution in [2.24, 2.45) is 0 Å². The Kier molecular flexibility index (Phi) is 5.46. The summed E-state index contributed by atoms with van der Waals surface area (Å²) in [6, 6.07) is 16.8. The number of carbonyl (C=O) groups is 1. The average Bonchev–Trinajstić information content (AvgIpc) is 2.97. The van der Waals surface area contributed by atoms with Gasteiger partial charge in [0, 0.05) is 22.0 Å². The number of thioether (sulfide) groups is 1. The molecule has 1 heterocycles. The van der Waals surface area contributed by atoms with Crippen molar-refractivity contribution in [2.75, 3.05) is 17.7 Å². The molecule has 1 aliphatic heterocycles. The second-order valence-electron chi connectivity index (χ2n) is 5.59. The quantitative estimate of drug-likeness (QED) is 0.839. The first-order valence-electron chi connectivity index (χ1n) is 7.62. The fourth-order valence-electron chi connectivity index (χ4n) is 2.47. The predicted molar refractivity (Wildman–Crippen MR) is 97.5 cm³/mol. The fourth-order valence-corrected chi connectivity index (χ4v) is 3.29. The second-order valence-corrected chi connectivity index (χ2v) is 7.02. The van der Waals surface area contributed by atoms with Crippen molar-refractivity contribution in [1.29, 1.82) is 0 Å². The van der Waals surface area contributed by atoms with Gasteiger partial charge in [0.25, 0.3) is 5.24 Å². The van der Waals surface area contributed by atoms with E-state index in [1.165, 1.54) is 11.8 Å². The lowest BCUT2D eigenvalue weighted by atomic mass is 10.1. The predicted octanol–water partition coefficient (Wildman–Crippen LogP) is 4.89. The van der Waals surface area contributed by atoms with Crippen LogP contribution in [-0.4, -0.2) is 23.7 Å². The van der Waals surface area contributed by atoms with E-state index in [0.29, 0.717) is 17.4 Å². The van der Waals surface area contributed by atoms with Gasteiger partial charge < -0.3 is 14.8 Å². The minimum Gasteiger partial charge on any atom is -0.343 e. The van der Waals surface area contributed by atoms with Crippen LogP contribution in [0.4, 0.5) is 10.5 Å². The third kappa shape index (κ3) is 4.30. The van der Waals surface area contributed by atoms with E-state index in [-0.39, 0.29) is 11.3 Å². The van der Waals surface area contributed by atoms with Crippen molar-refractivity contribution in [2.45, 2.75) is 18.8 Å². The van der Waals surface area contributed by atoms with Crippen LogP contribution in [0, 0.1) is 0 Å². The molecule has 0 radical (unpaired) electrons. The number of carbonyl (C=O) groups excluding carboxylic acids is 1. The molecule has 0 aromatic heterocycles. The van der Waals surface area contributed by atoms with Gasteiger partial charge >= 0.3 is 0 Å². The summed E-state index contributed by atoms with van der Waals surface area (Å²) in [4.78, 5) is 12.0. The van der Waals surface area contributed by atoms with E-state index in [1.807, 2.05) is 61.5 Å². The van der Waals surface area contributed by atoms with E-state index in [4.69, 9.17) is 21.1 Å². The van der Waals surface area contributed by atoms with Crippen LogP contribution in [0.1, 0.15) is 12.5 Å². The van der Waals surface area contributed by atoms with Crippen molar-refractivity contribution in [3.8, 4) is 0 Å². The Morgan fingerprint density at radius 1 is 1.25 bits per heavy atom. The third-order valence-corrected chi connectivity index (χ3v) is 4.88. The molecule has 0 unspecified atom stereocenters. The molecule has 6 heteroatoms. The Balaban J connectivity index is 1.51. The minimum absolute atomic E-state index is 0.107. The van der Waals surface area contributed by atoms with Gasteiger partial charge in [0.05, 0.1) is 12.7 Å². The summed E-state index contributed by atoms with van der Waals surface area (Å²) >= 11 is 7.10. The molecule has 0 saturated carbocycles. The number of amides is 1. The number of anilines is 1. The lowest BCUT2D eigenvalue weighted by Crippen LogP contribution is -2.24. The van der Waals surface area contributed by atoms with Crippen molar-refractivity contribution in [3.05, 3.63) is 65.2 Å². The Hall–Kier alpha value is -1.53. The summed E-state index contributed by atoms with van der Waals surface area (Å²) < 4.78 is 11.8. The van der Waals surface area contributed by atoms with Crippen molar-refractivity contribution in [3.63, 3.8) is 0 Å². The van der Waals surface area contributed by atoms with Crippen molar-refractivity contribution in [1.82, 2.24) is 0 Å². The van der Waals surface area contributed by atoms with Crippen molar-refractivity contribution < 1.29 is 14.3 Å². The molecule has 24 heavy (non-hydrogen) atoms. The van der Waals surface area contributed by atoms with Crippen LogP contribution in [-0.2, 0) is 15.3 Å². The summed E-state index contributed by atoms with van der Waals surface area (Å²) in [5.74, 6) is -0.270. The molecule has 126 valence electrons. The van der Waals surface area contributed by atoms with Gasteiger partial charge in [0.15, 0.2) is 5.79 Å². The Morgan fingerprint density at radius 2 is 1.96 bits per heavy atom. The number of rotatable bonds is 4. The van der Waals surface area contributed by atoms with Crippen LogP contribution in [0.2, 0.25) is 5.02 Å². The molecule has 1 aliphatic rings. The van der Waals surface area contributed by atoms with Crippen LogP contribution in [0.15, 0.2) is 54.6 Å². The maximum Gasteiger partial charge on any atom is 0.283 e. The number of para-hydroxylation sites is 1. The van der Waals surface area contributed by atoms with Crippen LogP contribution in [0.5, 0.6) is 0 Å². The van der Waals surface area contributed by atoms with Gasteiger partial charge in [-0.25, -0.2) is 0 Å². The molecule has 3 rings (SSSR count). The fraction of sp³-hybridized carbons (Fsp3) is 0.278. The van der Waals surface area contributed by atoms with E-state index >= 15 is 0 Å². The molecule has 2 aromatic carbocycles. The normalized spacial score (nSPS) is 23.2. The van der Waals surface area contributed by atoms with Crippen LogP contribution >= 0.6 is 23.4 Å². The van der Waals surface area contributed by atoms with E-state index in [1.54, 1.807) is 0 Å². The van der Waals surface area contributed by atoms with Gasteiger partial charge in [-0.2, -0.15) is 0 Å². The first-order chi connectivity index (χ1) is 11.5. The highest BCUT2D eigenvalue weighted by Crippen LogP contribution is 2.35. The van der Waals surface area contributed by atoms with Gasteiger partial charge in [0.2, 0.25) is 0 Å². The zero-order valence-corrected chi connectivity index (χ0v) is 14.8. The summed E-state index contributed by atoms with van der Waals surface area (Å²) in [6.45, 7) is 2.33. The van der Waals surface area contributed by atoms with Crippen LogP contribution < -0.4 is 5.32 Å². The lowest BCUT2D eigenvalue weighted by Gasteiger charge is -2.23. The molecule has 1 fully saturated rings. The molecule has 2 atom stereocenters. The summed E-state index contributed by atoms with van der Waals surface area (Å²) in [7, 11) is 0. The Bertz CT molecular complexity index is 695. The molecular formula is C18H18ClNO3S. The van der Waals surface area contributed by atoms with Crippen LogP contribution in [0.25, 0.3) is 0 Å². The molecule has 2 aromatic rings. The summed E-state index contributed by atoms with van der Waals surface area (Å²) in [6.07, 6.45) is -0.141. The van der Waals surface area contributed by atoms with Crippen molar-refractivity contribution >= 4 is 34.3 Å². The van der Waals surface area contributed by atoms with E-state index < -0.39 is 5.79 Å². The molecule has 0 aliphatic carbocycles. The number of hydrogen-bond acceptors (Lipinski definition) is 4. The Labute approximate surface area is 150 Å². The van der Waals surface area contributed by atoms with Crippen LogP contribution in [0.3, 0.4) is 0 Å². The lowest BCUT2D eigenvalue weighted by molar-refractivity contribution is -0.159. The molecular weight excluding hydrogens is 346 g/mol. The number of nitrogens with one attached hydrogen (secondary N) is 1. The highest BCUT2D eigenvalue weighted by molar-refractivity contribution is 8.13. The highest BCUT2D eigenvalue weighted by Gasteiger charge is 2.38. The Morgan fingerprint density at radius 3 is 2.67 bits per heavy atom. The maximum absolute atomic E-state index is 12.0. The molecule has 1 saturated heterocycles. The molecule has 1 amide bonds. The number of ether oxygens (including phenoxy) is 2. The molecule has 4 nitrogen and oxygen atoms in total. The second kappa shape index (κ2) is 7.57. The number of benzene rings is 2. The standard InChI is InChI=1S/C18H18ClNO3S/c1-18(13-7-9-14(19)10-8-13)22-11-16(23-18)12-24-17(21)20-15-5-3-2-4-6-15/h2-10,16H,11-12H2,1H3,(H,20,21)/t16-,18-/m1/s1.